The van der Waals surface area contributed by atoms with Gasteiger partial charge in [0, 0.05) is 37.2 Å². The lowest BCUT2D eigenvalue weighted by atomic mass is 10.1. The number of hydrogen-bond donors (Lipinski definition) is 1. The number of halogens is 4. The predicted molar refractivity (Wildman–Crippen MR) is 123 cm³/mol. The molecule has 4 aromatic rings. The highest BCUT2D eigenvalue weighted by Crippen LogP contribution is 2.37. The molecule has 0 radical (unpaired) electrons. The van der Waals surface area contributed by atoms with Gasteiger partial charge in [-0.25, -0.2) is 0 Å². The Labute approximate surface area is 201 Å². The summed E-state index contributed by atoms with van der Waals surface area (Å²) < 4.78 is 46.3. The molecule has 0 saturated heterocycles. The summed E-state index contributed by atoms with van der Waals surface area (Å²) >= 11 is 7.00. The topological polar surface area (TPSA) is 72.8 Å². The van der Waals surface area contributed by atoms with Crippen molar-refractivity contribution >= 4 is 23.4 Å². The van der Waals surface area contributed by atoms with Crippen molar-refractivity contribution in [3.05, 3.63) is 98.7 Å². The van der Waals surface area contributed by atoms with E-state index in [2.05, 4.69) is 15.1 Å². The molecule has 11 heteroatoms. The number of ether oxygens (including phenoxy) is 1. The van der Waals surface area contributed by atoms with Crippen molar-refractivity contribution in [3.63, 3.8) is 0 Å². The van der Waals surface area contributed by atoms with Gasteiger partial charge in [-0.1, -0.05) is 35.5 Å². The molecule has 6 nitrogen and oxygen atoms in total. The van der Waals surface area contributed by atoms with E-state index in [0.29, 0.717) is 28.6 Å². The number of rotatable bonds is 7. The molecule has 0 aliphatic rings. The van der Waals surface area contributed by atoms with E-state index >= 15 is 0 Å². The van der Waals surface area contributed by atoms with Crippen LogP contribution in [0.5, 0.6) is 11.5 Å². The first-order chi connectivity index (χ1) is 16.2. The molecule has 0 unspecified atom stereocenters. The maximum atomic E-state index is 13.0. The Morgan fingerprint density at radius 2 is 1.85 bits per heavy atom. The number of thioether (sulfide) groups is 1. The third kappa shape index (κ3) is 6.00. The number of nitrogens with zero attached hydrogens (tertiary/aromatic N) is 3. The first-order valence-corrected chi connectivity index (χ1v) is 11.4. The SMILES string of the molecule is Cn1cc(Cc2c[nH]c(SCc3ccc(Oc4ccc(Cl)c(C(F)(F)F)c4)cc3)nc2=O)cn1. The maximum absolute atomic E-state index is 13.0. The fraction of sp³-hybridized carbons (Fsp3) is 0.174. The highest BCUT2D eigenvalue weighted by molar-refractivity contribution is 7.98. The fourth-order valence-corrected chi connectivity index (χ4v) is 4.13. The molecule has 0 fully saturated rings. The Morgan fingerprint density at radius 3 is 2.50 bits per heavy atom. The van der Waals surface area contributed by atoms with Crippen molar-refractivity contribution in [2.24, 2.45) is 7.05 Å². The van der Waals surface area contributed by atoms with Crippen molar-refractivity contribution in [2.75, 3.05) is 0 Å². The lowest BCUT2D eigenvalue weighted by Gasteiger charge is -2.12. The van der Waals surface area contributed by atoms with Gasteiger partial charge in [-0.3, -0.25) is 9.48 Å². The number of benzene rings is 2. The Kier molecular flexibility index (Phi) is 6.99. The van der Waals surface area contributed by atoms with E-state index in [4.69, 9.17) is 16.3 Å². The van der Waals surface area contributed by atoms with Crippen molar-refractivity contribution < 1.29 is 17.9 Å². The standard InChI is InChI=1S/C23H18ClF3N4O2S/c1-31-12-15(10-29-31)8-16-11-28-22(30-21(16)32)34-13-14-2-4-17(5-3-14)33-18-6-7-20(24)19(9-18)23(25,26)27/h2-7,9-12H,8,13H2,1H3,(H,28,30,32). The van der Waals surface area contributed by atoms with Crippen LogP contribution in [0.3, 0.4) is 0 Å². The molecular formula is C23H18ClF3N4O2S. The summed E-state index contributed by atoms with van der Waals surface area (Å²) in [4.78, 5) is 19.5. The van der Waals surface area contributed by atoms with Crippen LogP contribution in [-0.4, -0.2) is 19.7 Å². The van der Waals surface area contributed by atoms with E-state index in [1.54, 1.807) is 41.3 Å². The second kappa shape index (κ2) is 9.94. The van der Waals surface area contributed by atoms with E-state index in [9.17, 15) is 18.0 Å². The number of hydrogen-bond acceptors (Lipinski definition) is 5. The largest absolute Gasteiger partial charge is 0.457 e. The van der Waals surface area contributed by atoms with Crippen LogP contribution < -0.4 is 10.3 Å². The minimum Gasteiger partial charge on any atom is -0.457 e. The molecular weight excluding hydrogens is 489 g/mol. The van der Waals surface area contributed by atoms with Gasteiger partial charge >= 0.3 is 6.18 Å². The molecule has 0 amide bonds. The van der Waals surface area contributed by atoms with E-state index in [1.165, 1.54) is 17.8 Å². The first kappa shape index (κ1) is 23.9. The van der Waals surface area contributed by atoms with Gasteiger partial charge in [0.15, 0.2) is 5.16 Å². The molecule has 2 aromatic carbocycles. The molecule has 4 rings (SSSR count). The van der Waals surface area contributed by atoms with Crippen molar-refractivity contribution in [1.82, 2.24) is 19.7 Å². The summed E-state index contributed by atoms with van der Waals surface area (Å²) in [7, 11) is 1.81. The average Bonchev–Trinajstić information content (AvgIpc) is 3.20. The number of alkyl halides is 3. The van der Waals surface area contributed by atoms with Crippen LogP contribution in [-0.2, 0) is 25.4 Å². The third-order valence-corrected chi connectivity index (χ3v) is 6.07. The minimum atomic E-state index is -4.57. The number of aryl methyl sites for hydroxylation is 1. The number of H-pyrrole nitrogens is 1. The summed E-state index contributed by atoms with van der Waals surface area (Å²) in [5, 5.41) is 4.19. The van der Waals surface area contributed by atoms with Gasteiger partial charge in [0.05, 0.1) is 16.8 Å². The molecule has 0 bridgehead atoms. The van der Waals surface area contributed by atoms with Gasteiger partial charge in [-0.2, -0.15) is 23.3 Å². The quantitative estimate of drug-likeness (QED) is 0.251. The number of nitrogens with one attached hydrogen (secondary N) is 1. The normalized spacial score (nSPS) is 11.6. The van der Waals surface area contributed by atoms with Gasteiger partial charge in [0.25, 0.3) is 5.56 Å². The van der Waals surface area contributed by atoms with Crippen molar-refractivity contribution in [1.29, 1.82) is 0 Å². The molecule has 1 N–H and O–H groups in total. The Balaban J connectivity index is 1.36. The monoisotopic (exact) mass is 506 g/mol. The molecule has 0 aliphatic carbocycles. The Bertz CT molecular complexity index is 1350. The van der Waals surface area contributed by atoms with Crippen molar-refractivity contribution in [2.45, 2.75) is 23.5 Å². The maximum Gasteiger partial charge on any atom is 0.417 e. The number of aromatic nitrogens is 4. The lowest BCUT2D eigenvalue weighted by molar-refractivity contribution is -0.137. The Hall–Kier alpha value is -3.24. The van der Waals surface area contributed by atoms with E-state index in [0.717, 1.165) is 23.3 Å². The zero-order valence-electron chi connectivity index (χ0n) is 17.8. The smallest absolute Gasteiger partial charge is 0.417 e. The zero-order valence-corrected chi connectivity index (χ0v) is 19.3. The van der Waals surface area contributed by atoms with E-state index < -0.39 is 11.7 Å². The lowest BCUT2D eigenvalue weighted by Crippen LogP contribution is -2.14. The van der Waals surface area contributed by atoms with Crippen LogP contribution >= 0.6 is 23.4 Å². The van der Waals surface area contributed by atoms with Crippen molar-refractivity contribution in [3.8, 4) is 11.5 Å². The summed E-state index contributed by atoms with van der Waals surface area (Å²) in [6, 6.07) is 10.3. The fourth-order valence-electron chi connectivity index (χ4n) is 3.12. The van der Waals surface area contributed by atoms with Gasteiger partial charge in [-0.05, 0) is 41.5 Å². The zero-order chi connectivity index (χ0) is 24.3. The molecule has 0 aliphatic heterocycles. The highest BCUT2D eigenvalue weighted by atomic mass is 35.5. The first-order valence-electron chi connectivity index (χ1n) is 10.00. The van der Waals surface area contributed by atoms with E-state index in [1.807, 2.05) is 13.2 Å². The van der Waals surface area contributed by atoms with Crippen LogP contribution in [0.4, 0.5) is 13.2 Å². The number of aromatic amines is 1. The summed E-state index contributed by atoms with van der Waals surface area (Å²) in [6.45, 7) is 0. The Morgan fingerprint density at radius 1 is 1.12 bits per heavy atom. The molecule has 0 atom stereocenters. The minimum absolute atomic E-state index is 0.0343. The third-order valence-electron chi connectivity index (χ3n) is 4.78. The van der Waals surface area contributed by atoms with Crippen LogP contribution in [0.15, 0.2) is 71.0 Å². The van der Waals surface area contributed by atoms with Crippen LogP contribution in [0.2, 0.25) is 5.02 Å². The second-order valence-electron chi connectivity index (χ2n) is 7.41. The summed E-state index contributed by atoms with van der Waals surface area (Å²) in [5.41, 5.74) is 1.15. The molecule has 176 valence electrons. The molecule has 0 spiro atoms. The molecule has 34 heavy (non-hydrogen) atoms. The van der Waals surface area contributed by atoms with Crippen LogP contribution in [0.1, 0.15) is 22.3 Å². The summed E-state index contributed by atoms with van der Waals surface area (Å²) in [6.07, 6.45) is 1.09. The van der Waals surface area contributed by atoms with Gasteiger partial charge < -0.3 is 9.72 Å². The molecule has 2 aromatic heterocycles. The molecule has 2 heterocycles. The van der Waals surface area contributed by atoms with Gasteiger partial charge in [0.2, 0.25) is 0 Å². The van der Waals surface area contributed by atoms with Crippen LogP contribution in [0.25, 0.3) is 0 Å². The average molecular weight is 507 g/mol. The molecule has 0 saturated carbocycles. The van der Waals surface area contributed by atoms with Gasteiger partial charge in [-0.15, -0.1) is 0 Å². The van der Waals surface area contributed by atoms with Gasteiger partial charge in [0.1, 0.15) is 11.5 Å². The summed E-state index contributed by atoms with van der Waals surface area (Å²) in [5.74, 6) is 0.951. The van der Waals surface area contributed by atoms with Crippen LogP contribution in [0, 0.1) is 0 Å². The highest BCUT2D eigenvalue weighted by Gasteiger charge is 2.33. The second-order valence-corrected chi connectivity index (χ2v) is 8.78. The predicted octanol–water partition coefficient (Wildman–Crippen LogP) is 5.85. The van der Waals surface area contributed by atoms with E-state index in [-0.39, 0.29) is 16.3 Å².